The molecule has 0 saturated carbocycles. The molecule has 2 aromatic carbocycles. The Balaban J connectivity index is 1.62. The van der Waals surface area contributed by atoms with Crippen molar-refractivity contribution in [2.75, 3.05) is 6.54 Å². The van der Waals surface area contributed by atoms with E-state index in [0.29, 0.717) is 19.4 Å². The van der Waals surface area contributed by atoms with Crippen LogP contribution in [0.3, 0.4) is 0 Å². The van der Waals surface area contributed by atoms with E-state index in [2.05, 4.69) is 30.5 Å². The summed E-state index contributed by atoms with van der Waals surface area (Å²) in [5.41, 5.74) is 6.98. The number of nitrogens with one attached hydrogen (secondary N) is 2. The largest absolute Gasteiger partial charge is 0.441 e. The first kappa shape index (κ1) is 31.2. The quantitative estimate of drug-likeness (QED) is 0.194. The molecule has 2 aromatic rings. The lowest BCUT2D eigenvalue weighted by atomic mass is 9.80. The molecule has 0 aromatic heterocycles. The number of hydrogen-bond acceptors (Lipinski definition) is 4. The van der Waals surface area contributed by atoms with E-state index in [0.717, 1.165) is 68.9 Å². The van der Waals surface area contributed by atoms with Crippen LogP contribution in [0.4, 0.5) is 4.79 Å². The van der Waals surface area contributed by atoms with Gasteiger partial charge in [0.25, 0.3) is 0 Å². The van der Waals surface area contributed by atoms with E-state index in [1.165, 1.54) is 5.56 Å². The number of primary amides is 1. The van der Waals surface area contributed by atoms with Gasteiger partial charge in [0, 0.05) is 24.8 Å². The number of nitrogens with two attached hydrogens (primary N) is 1. The zero-order valence-electron chi connectivity index (χ0n) is 24.5. The summed E-state index contributed by atoms with van der Waals surface area (Å²) < 4.78 is 6.14. The van der Waals surface area contributed by atoms with Crippen LogP contribution < -0.4 is 16.4 Å². The lowest BCUT2D eigenvalue weighted by molar-refractivity contribution is -0.127. The summed E-state index contributed by atoms with van der Waals surface area (Å²) in [5.74, 6) is -0.475. The molecule has 218 valence electrons. The fraction of sp³-hybridized carbons (Fsp3) is 0.545. The van der Waals surface area contributed by atoms with Crippen molar-refractivity contribution in [1.29, 1.82) is 0 Å². The number of fused-ring (bicyclic) bond motifs is 1. The third kappa shape index (κ3) is 9.39. The maximum absolute atomic E-state index is 13.5. The normalized spacial score (nSPS) is 17.5. The summed E-state index contributed by atoms with van der Waals surface area (Å²) in [6, 6.07) is 17.9. The Bertz CT molecular complexity index is 1120. The van der Waals surface area contributed by atoms with Crippen LogP contribution in [-0.2, 0) is 27.2 Å². The number of rotatable bonds is 14. The number of alkyl carbamates (subject to hydrolysis) is 1. The number of ether oxygens (including phenoxy) is 1. The zero-order chi connectivity index (χ0) is 29.0. The first-order valence-electron chi connectivity index (χ1n) is 14.8. The predicted octanol–water partition coefficient (Wildman–Crippen LogP) is 6.15. The molecule has 0 aliphatic heterocycles. The fourth-order valence-electron chi connectivity index (χ4n) is 5.60. The molecule has 1 aliphatic rings. The van der Waals surface area contributed by atoms with E-state index in [-0.39, 0.29) is 17.2 Å². The molecule has 4 N–H and O–H groups in total. The molecule has 7 nitrogen and oxygen atoms in total. The molecule has 0 spiro atoms. The second-order valence-electron chi connectivity index (χ2n) is 12.0. The van der Waals surface area contributed by atoms with Gasteiger partial charge in [-0.05, 0) is 55.7 Å². The van der Waals surface area contributed by atoms with Crippen molar-refractivity contribution in [3.05, 3.63) is 71.3 Å². The lowest BCUT2D eigenvalue weighted by Gasteiger charge is -2.35. The van der Waals surface area contributed by atoms with Crippen LogP contribution in [-0.4, -0.2) is 30.0 Å². The third-order valence-electron chi connectivity index (χ3n) is 7.95. The van der Waals surface area contributed by atoms with Gasteiger partial charge in [-0.15, -0.1) is 0 Å². The number of amides is 3. The summed E-state index contributed by atoms with van der Waals surface area (Å²) in [4.78, 5) is 37.8. The molecule has 0 radical (unpaired) electrons. The summed E-state index contributed by atoms with van der Waals surface area (Å²) in [6.45, 7) is 6.58. The minimum Gasteiger partial charge on any atom is -0.441 e. The van der Waals surface area contributed by atoms with Gasteiger partial charge in [-0.3, -0.25) is 9.59 Å². The van der Waals surface area contributed by atoms with Gasteiger partial charge >= 0.3 is 6.09 Å². The van der Waals surface area contributed by atoms with Gasteiger partial charge in [0.15, 0.2) is 0 Å². The van der Waals surface area contributed by atoms with Gasteiger partial charge in [-0.1, -0.05) is 94.1 Å². The van der Waals surface area contributed by atoms with Crippen LogP contribution in [0.5, 0.6) is 0 Å². The van der Waals surface area contributed by atoms with Crippen molar-refractivity contribution in [2.24, 2.45) is 11.1 Å². The summed E-state index contributed by atoms with van der Waals surface area (Å²) in [7, 11) is 0. The lowest BCUT2D eigenvalue weighted by Crippen LogP contribution is -2.58. The van der Waals surface area contributed by atoms with Gasteiger partial charge in [-0.2, -0.15) is 0 Å². The number of aryl methyl sites for hydroxylation is 1. The van der Waals surface area contributed by atoms with E-state index in [9.17, 15) is 14.4 Å². The van der Waals surface area contributed by atoms with Gasteiger partial charge in [0.05, 0.1) is 0 Å². The Morgan fingerprint density at radius 1 is 0.950 bits per heavy atom. The average Bonchev–Trinajstić information content (AvgIpc) is 3.03. The van der Waals surface area contributed by atoms with Crippen molar-refractivity contribution in [1.82, 2.24) is 10.6 Å². The average molecular weight is 550 g/mol. The third-order valence-corrected chi connectivity index (χ3v) is 7.95. The Morgan fingerprint density at radius 3 is 2.33 bits per heavy atom. The van der Waals surface area contributed by atoms with Crippen LogP contribution in [0.25, 0.3) is 0 Å². The minimum absolute atomic E-state index is 0.227. The molecule has 40 heavy (non-hydrogen) atoms. The van der Waals surface area contributed by atoms with Crippen molar-refractivity contribution in [3.8, 4) is 0 Å². The number of hydrogen-bond donors (Lipinski definition) is 3. The second kappa shape index (κ2) is 14.9. The zero-order valence-corrected chi connectivity index (χ0v) is 24.5. The van der Waals surface area contributed by atoms with Gasteiger partial charge in [0.1, 0.15) is 11.6 Å². The van der Waals surface area contributed by atoms with Crippen molar-refractivity contribution in [2.45, 2.75) is 103 Å². The number of benzene rings is 2. The van der Waals surface area contributed by atoms with Crippen LogP contribution >= 0.6 is 0 Å². The number of carbonyl (C=O) groups excluding carboxylic acids is 3. The molecule has 3 amide bonds. The first-order valence-corrected chi connectivity index (χ1v) is 14.8. The fourth-order valence-corrected chi connectivity index (χ4v) is 5.60. The summed E-state index contributed by atoms with van der Waals surface area (Å²) in [6.07, 6.45) is 8.46. The molecule has 0 fully saturated rings. The van der Waals surface area contributed by atoms with Crippen LogP contribution in [0.15, 0.2) is 54.6 Å². The predicted molar refractivity (Wildman–Crippen MR) is 159 cm³/mol. The molecular formula is C33H47N3O4. The van der Waals surface area contributed by atoms with Gasteiger partial charge < -0.3 is 21.1 Å². The molecule has 0 saturated heterocycles. The van der Waals surface area contributed by atoms with Crippen molar-refractivity contribution in [3.63, 3.8) is 0 Å². The second-order valence-corrected chi connectivity index (χ2v) is 12.0. The Hall–Kier alpha value is -3.35. The monoisotopic (exact) mass is 549 g/mol. The highest BCUT2D eigenvalue weighted by Gasteiger charge is 2.40. The molecule has 2 atom stereocenters. The standard InChI is InChI=1S/C33H47N3O4/c1-32(2)22-15-19-26-18-12-13-20-27(26)29(32)40-31(39)36-33(3,24-25-16-9-8-10-17-25)30(38)35-23-14-7-5-4-6-11-21-28(34)37/h8-10,12-13,16-18,20,29H,4-7,11,14-15,19,21-24H2,1-3H3,(H2,34,37)(H,35,38)(H,36,39). The highest BCUT2D eigenvalue weighted by Crippen LogP contribution is 2.44. The molecule has 0 heterocycles. The van der Waals surface area contributed by atoms with E-state index < -0.39 is 17.7 Å². The molecule has 1 aliphatic carbocycles. The smallest absolute Gasteiger partial charge is 0.408 e. The Kier molecular flexibility index (Phi) is 11.6. The molecule has 7 heteroatoms. The number of unbranched alkanes of at least 4 members (excludes halogenated alkanes) is 5. The van der Waals surface area contributed by atoms with E-state index in [4.69, 9.17) is 10.5 Å². The minimum atomic E-state index is -1.18. The molecular weight excluding hydrogens is 502 g/mol. The first-order chi connectivity index (χ1) is 19.1. The summed E-state index contributed by atoms with van der Waals surface area (Å²) >= 11 is 0. The Morgan fingerprint density at radius 2 is 1.60 bits per heavy atom. The Labute approximate surface area is 239 Å². The number of carbonyl (C=O) groups is 3. The van der Waals surface area contributed by atoms with E-state index in [1.807, 2.05) is 48.5 Å². The topological polar surface area (TPSA) is 111 Å². The van der Waals surface area contributed by atoms with Crippen LogP contribution in [0.1, 0.15) is 101 Å². The molecule has 2 unspecified atom stereocenters. The van der Waals surface area contributed by atoms with Gasteiger partial charge in [-0.25, -0.2) is 4.79 Å². The molecule has 3 rings (SSSR count). The molecule has 0 bridgehead atoms. The van der Waals surface area contributed by atoms with Crippen molar-refractivity contribution < 1.29 is 19.1 Å². The van der Waals surface area contributed by atoms with Crippen molar-refractivity contribution >= 4 is 17.9 Å². The maximum Gasteiger partial charge on any atom is 0.408 e. The summed E-state index contributed by atoms with van der Waals surface area (Å²) in [5, 5.41) is 5.99. The van der Waals surface area contributed by atoms with Gasteiger partial charge in [0.2, 0.25) is 11.8 Å². The highest BCUT2D eigenvalue weighted by atomic mass is 16.6. The maximum atomic E-state index is 13.5. The van der Waals surface area contributed by atoms with Crippen LogP contribution in [0.2, 0.25) is 0 Å². The van der Waals surface area contributed by atoms with E-state index in [1.54, 1.807) is 6.92 Å². The highest BCUT2D eigenvalue weighted by molar-refractivity contribution is 5.90. The van der Waals surface area contributed by atoms with Crippen LogP contribution in [0, 0.1) is 5.41 Å². The SMILES string of the molecule is CC(Cc1ccccc1)(NC(=O)OC1c2ccccc2CCCC1(C)C)C(=O)NCCCCCCCCC(N)=O. The van der Waals surface area contributed by atoms with E-state index >= 15 is 0 Å².